The molecule has 6 heteroatoms. The van der Waals surface area contributed by atoms with Crippen LogP contribution in [0.2, 0.25) is 5.28 Å². The molecule has 2 aromatic rings. The van der Waals surface area contributed by atoms with Crippen molar-refractivity contribution < 1.29 is 14.3 Å². The average Bonchev–Trinajstić information content (AvgIpc) is 2.68. The highest BCUT2D eigenvalue weighted by Crippen LogP contribution is 2.31. The fourth-order valence-corrected chi connectivity index (χ4v) is 1.75. The third kappa shape index (κ3) is 2.88. The third-order valence-electron chi connectivity index (χ3n) is 2.48. The van der Waals surface area contributed by atoms with Gasteiger partial charge < -0.3 is 9.47 Å². The second kappa shape index (κ2) is 5.75. The molecule has 1 aromatic heterocycles. The van der Waals surface area contributed by atoms with Gasteiger partial charge in [-0.3, -0.25) is 4.57 Å². The summed E-state index contributed by atoms with van der Waals surface area (Å²) in [5.41, 5.74) is 1.31. The van der Waals surface area contributed by atoms with Crippen molar-refractivity contribution in [1.82, 2.24) is 9.55 Å². The summed E-state index contributed by atoms with van der Waals surface area (Å²) in [7, 11) is 1.66. The number of hydrogen-bond acceptors (Lipinski definition) is 4. The molecule has 100 valence electrons. The smallest absolute Gasteiger partial charge is 0.434 e. The number of imidazole rings is 1. The second-order valence-electron chi connectivity index (χ2n) is 3.74. The van der Waals surface area contributed by atoms with Gasteiger partial charge in [0, 0.05) is 12.6 Å². The monoisotopic (exact) mass is 280 g/mol. The van der Waals surface area contributed by atoms with Crippen LogP contribution in [0.4, 0.5) is 4.79 Å². The molecule has 1 aromatic carbocycles. The molecule has 0 aliphatic rings. The lowest BCUT2D eigenvalue weighted by Crippen LogP contribution is -2.12. The van der Waals surface area contributed by atoms with E-state index in [1.807, 2.05) is 30.3 Å². The zero-order valence-corrected chi connectivity index (χ0v) is 11.3. The molecule has 2 rings (SSSR count). The van der Waals surface area contributed by atoms with E-state index < -0.39 is 6.16 Å². The summed E-state index contributed by atoms with van der Waals surface area (Å²) in [5.74, 6) is 0.259. The summed E-state index contributed by atoms with van der Waals surface area (Å²) in [5, 5.41) is 0.234. The molecule has 19 heavy (non-hydrogen) atoms. The van der Waals surface area contributed by atoms with E-state index >= 15 is 0 Å². The standard InChI is InChI=1S/C13H13ClN2O3/c1-3-18-13(17)19-11-10(15-12(14)16(11)2)9-7-5-4-6-8-9/h4-8H,3H2,1-2H3. The van der Waals surface area contributed by atoms with Gasteiger partial charge in [0.25, 0.3) is 0 Å². The first kappa shape index (κ1) is 13.4. The summed E-state index contributed by atoms with van der Waals surface area (Å²) in [6.07, 6.45) is -0.778. The molecular formula is C13H13ClN2O3. The number of ether oxygens (including phenoxy) is 2. The van der Waals surface area contributed by atoms with Gasteiger partial charge in [0.2, 0.25) is 11.2 Å². The number of halogens is 1. The maximum atomic E-state index is 11.4. The van der Waals surface area contributed by atoms with Crippen LogP contribution in [0.3, 0.4) is 0 Å². The molecule has 0 aliphatic heterocycles. The quantitative estimate of drug-likeness (QED) is 0.810. The minimum atomic E-state index is -0.778. The molecule has 0 saturated carbocycles. The van der Waals surface area contributed by atoms with Crippen LogP contribution in [0.1, 0.15) is 6.92 Å². The Morgan fingerprint density at radius 2 is 2.05 bits per heavy atom. The van der Waals surface area contributed by atoms with Crippen LogP contribution in [-0.2, 0) is 11.8 Å². The molecule has 0 amide bonds. The van der Waals surface area contributed by atoms with E-state index in [2.05, 4.69) is 4.98 Å². The number of carbonyl (C=O) groups excluding carboxylic acids is 1. The van der Waals surface area contributed by atoms with Gasteiger partial charge in [-0.05, 0) is 18.5 Å². The summed E-state index contributed by atoms with van der Waals surface area (Å²) in [6.45, 7) is 1.95. The Hall–Kier alpha value is -2.01. The van der Waals surface area contributed by atoms with E-state index in [1.54, 1.807) is 14.0 Å². The van der Waals surface area contributed by atoms with Crippen LogP contribution in [0, 0.1) is 0 Å². The van der Waals surface area contributed by atoms with Gasteiger partial charge in [0.15, 0.2) is 0 Å². The molecular weight excluding hydrogens is 268 g/mol. The first-order valence-electron chi connectivity index (χ1n) is 5.75. The van der Waals surface area contributed by atoms with Gasteiger partial charge in [0.1, 0.15) is 5.69 Å². The lowest BCUT2D eigenvalue weighted by molar-refractivity contribution is 0.102. The summed E-state index contributed by atoms with van der Waals surface area (Å²) >= 11 is 5.96. The van der Waals surface area contributed by atoms with E-state index in [4.69, 9.17) is 21.1 Å². The minimum absolute atomic E-state index is 0.234. The SMILES string of the molecule is CCOC(=O)Oc1c(-c2ccccc2)nc(Cl)n1C. The Balaban J connectivity index is 2.39. The van der Waals surface area contributed by atoms with Gasteiger partial charge in [-0.15, -0.1) is 0 Å². The number of nitrogens with zero attached hydrogens (tertiary/aromatic N) is 2. The highest BCUT2D eigenvalue weighted by Gasteiger charge is 2.19. The molecule has 0 N–H and O–H groups in total. The van der Waals surface area contributed by atoms with Crippen LogP contribution in [-0.4, -0.2) is 22.3 Å². The molecule has 0 atom stereocenters. The van der Waals surface area contributed by atoms with Crippen molar-refractivity contribution >= 4 is 17.8 Å². The molecule has 1 heterocycles. The largest absolute Gasteiger partial charge is 0.515 e. The Morgan fingerprint density at radius 3 is 2.68 bits per heavy atom. The first-order chi connectivity index (χ1) is 9.13. The zero-order chi connectivity index (χ0) is 13.8. The van der Waals surface area contributed by atoms with Gasteiger partial charge in [0.05, 0.1) is 6.61 Å². The van der Waals surface area contributed by atoms with Crippen molar-refractivity contribution in [1.29, 1.82) is 0 Å². The molecule has 0 unspecified atom stereocenters. The zero-order valence-electron chi connectivity index (χ0n) is 10.6. The van der Waals surface area contributed by atoms with Crippen molar-refractivity contribution in [3.8, 4) is 17.1 Å². The summed E-state index contributed by atoms with van der Waals surface area (Å²) in [6, 6.07) is 9.34. The van der Waals surface area contributed by atoms with Gasteiger partial charge >= 0.3 is 6.16 Å². The van der Waals surface area contributed by atoms with Crippen molar-refractivity contribution in [2.45, 2.75) is 6.92 Å². The van der Waals surface area contributed by atoms with Crippen molar-refractivity contribution in [3.63, 3.8) is 0 Å². The van der Waals surface area contributed by atoms with E-state index in [1.165, 1.54) is 4.57 Å². The Kier molecular flexibility index (Phi) is 4.06. The molecule has 0 radical (unpaired) electrons. The Bertz CT molecular complexity index is 581. The maximum absolute atomic E-state index is 11.4. The Morgan fingerprint density at radius 1 is 1.37 bits per heavy atom. The normalized spacial score (nSPS) is 10.3. The van der Waals surface area contributed by atoms with Crippen molar-refractivity contribution in [2.24, 2.45) is 7.05 Å². The summed E-state index contributed by atoms with van der Waals surface area (Å²) in [4.78, 5) is 15.6. The van der Waals surface area contributed by atoms with E-state index in [-0.39, 0.29) is 17.8 Å². The minimum Gasteiger partial charge on any atom is -0.434 e. The van der Waals surface area contributed by atoms with Gasteiger partial charge in [-0.25, -0.2) is 9.78 Å². The molecule has 0 aliphatic carbocycles. The maximum Gasteiger partial charge on any atom is 0.515 e. The predicted octanol–water partition coefficient (Wildman–Crippen LogP) is 3.28. The lowest BCUT2D eigenvalue weighted by atomic mass is 10.2. The van der Waals surface area contributed by atoms with Crippen LogP contribution in [0.5, 0.6) is 5.88 Å². The molecule has 0 bridgehead atoms. The van der Waals surface area contributed by atoms with Gasteiger partial charge in [-0.2, -0.15) is 0 Å². The Labute approximate surface area is 115 Å². The summed E-state index contributed by atoms with van der Waals surface area (Å²) < 4.78 is 11.4. The molecule has 5 nitrogen and oxygen atoms in total. The van der Waals surface area contributed by atoms with E-state index in [9.17, 15) is 4.79 Å². The molecule has 0 fully saturated rings. The average molecular weight is 281 g/mol. The highest BCUT2D eigenvalue weighted by atomic mass is 35.5. The van der Waals surface area contributed by atoms with E-state index in [0.29, 0.717) is 5.69 Å². The number of aromatic nitrogens is 2. The van der Waals surface area contributed by atoms with Crippen LogP contribution < -0.4 is 4.74 Å². The number of rotatable bonds is 3. The number of benzene rings is 1. The fraction of sp³-hybridized carbons (Fsp3) is 0.231. The lowest BCUT2D eigenvalue weighted by Gasteiger charge is -2.06. The van der Waals surface area contributed by atoms with Crippen molar-refractivity contribution in [2.75, 3.05) is 6.61 Å². The topological polar surface area (TPSA) is 53.4 Å². The first-order valence-corrected chi connectivity index (χ1v) is 6.13. The van der Waals surface area contributed by atoms with E-state index in [0.717, 1.165) is 5.56 Å². The predicted molar refractivity (Wildman–Crippen MR) is 71.3 cm³/mol. The number of carbonyl (C=O) groups is 1. The van der Waals surface area contributed by atoms with Crippen LogP contribution in [0.25, 0.3) is 11.3 Å². The second-order valence-corrected chi connectivity index (χ2v) is 4.08. The molecule has 0 saturated heterocycles. The highest BCUT2D eigenvalue weighted by molar-refractivity contribution is 6.28. The molecule has 0 spiro atoms. The third-order valence-corrected chi connectivity index (χ3v) is 2.82. The van der Waals surface area contributed by atoms with Gasteiger partial charge in [-0.1, -0.05) is 30.3 Å². The van der Waals surface area contributed by atoms with Crippen LogP contribution in [0.15, 0.2) is 30.3 Å². The number of hydrogen-bond donors (Lipinski definition) is 0. The van der Waals surface area contributed by atoms with Crippen molar-refractivity contribution in [3.05, 3.63) is 35.6 Å². The fourth-order valence-electron chi connectivity index (χ4n) is 1.58. The van der Waals surface area contributed by atoms with Crippen LogP contribution >= 0.6 is 11.6 Å².